The average Bonchev–Trinajstić information content (AvgIpc) is 2.53. The van der Waals surface area contributed by atoms with E-state index in [2.05, 4.69) is 31.1 Å². The molecule has 1 unspecified atom stereocenters. The average molecular weight is 255 g/mol. The number of rotatable bonds is 4. The summed E-state index contributed by atoms with van der Waals surface area (Å²) in [4.78, 5) is 13.5. The molecule has 1 aliphatic rings. The number of amides is 1. The minimum absolute atomic E-state index is 0.0580. The molecule has 0 bridgehead atoms. The number of likely N-dealkylation sites (tertiary alicyclic amines) is 1. The highest BCUT2D eigenvalue weighted by atomic mass is 16.2. The number of hydrazine groups is 1. The van der Waals surface area contributed by atoms with Crippen LogP contribution in [0.15, 0.2) is 0 Å². The largest absolute Gasteiger partial charge is 0.303 e. The summed E-state index contributed by atoms with van der Waals surface area (Å²) >= 11 is 0. The van der Waals surface area contributed by atoms with Gasteiger partial charge in [0.25, 0.3) is 0 Å². The van der Waals surface area contributed by atoms with Crippen molar-refractivity contribution in [3.63, 3.8) is 0 Å². The number of hydrogen-bond acceptors (Lipinski definition) is 3. The fourth-order valence-corrected chi connectivity index (χ4v) is 2.78. The van der Waals surface area contributed by atoms with Crippen LogP contribution in [0.25, 0.3) is 0 Å². The summed E-state index contributed by atoms with van der Waals surface area (Å²) in [5.74, 6) is 5.84. The van der Waals surface area contributed by atoms with Gasteiger partial charge in [-0.3, -0.25) is 10.2 Å². The maximum atomic E-state index is 11.1. The van der Waals surface area contributed by atoms with Crippen molar-refractivity contribution in [3.05, 3.63) is 0 Å². The molecular weight excluding hydrogens is 226 g/mol. The normalized spacial score (nSPS) is 22.6. The Labute approximate surface area is 111 Å². The SMILES string of the molecule is CC(C)(C)C1CCCN(CCCC(=O)NN)CC1. The van der Waals surface area contributed by atoms with Crippen LogP contribution >= 0.6 is 0 Å². The van der Waals surface area contributed by atoms with Gasteiger partial charge >= 0.3 is 0 Å². The molecule has 1 heterocycles. The monoisotopic (exact) mass is 255 g/mol. The van der Waals surface area contributed by atoms with Crippen LogP contribution in [-0.2, 0) is 4.79 Å². The zero-order valence-electron chi connectivity index (χ0n) is 12.2. The van der Waals surface area contributed by atoms with Crippen molar-refractivity contribution >= 4 is 5.91 Å². The van der Waals surface area contributed by atoms with E-state index in [1.165, 1.54) is 32.4 Å². The molecule has 106 valence electrons. The minimum atomic E-state index is -0.0580. The van der Waals surface area contributed by atoms with Crippen LogP contribution in [0.1, 0.15) is 52.9 Å². The molecule has 0 aromatic carbocycles. The van der Waals surface area contributed by atoms with Gasteiger partial charge in [-0.15, -0.1) is 0 Å². The van der Waals surface area contributed by atoms with Gasteiger partial charge in [0, 0.05) is 6.42 Å². The van der Waals surface area contributed by atoms with Crippen molar-refractivity contribution in [3.8, 4) is 0 Å². The Morgan fingerprint density at radius 3 is 2.67 bits per heavy atom. The lowest BCUT2D eigenvalue weighted by molar-refractivity contribution is -0.121. The van der Waals surface area contributed by atoms with Crippen molar-refractivity contribution in [2.24, 2.45) is 17.2 Å². The molecule has 0 spiro atoms. The number of nitrogens with one attached hydrogen (secondary N) is 1. The molecule has 18 heavy (non-hydrogen) atoms. The maximum absolute atomic E-state index is 11.1. The summed E-state index contributed by atoms with van der Waals surface area (Å²) in [6.07, 6.45) is 5.35. The highest BCUT2D eigenvalue weighted by molar-refractivity contribution is 5.75. The third-order valence-corrected chi connectivity index (χ3v) is 4.08. The van der Waals surface area contributed by atoms with Gasteiger partial charge in [-0.2, -0.15) is 0 Å². The van der Waals surface area contributed by atoms with E-state index in [1.807, 2.05) is 0 Å². The Morgan fingerprint density at radius 1 is 1.33 bits per heavy atom. The first-order valence-corrected chi connectivity index (χ1v) is 7.15. The fraction of sp³-hybridized carbons (Fsp3) is 0.929. The van der Waals surface area contributed by atoms with E-state index in [4.69, 9.17) is 5.84 Å². The van der Waals surface area contributed by atoms with Gasteiger partial charge in [-0.25, -0.2) is 5.84 Å². The van der Waals surface area contributed by atoms with E-state index in [9.17, 15) is 4.79 Å². The van der Waals surface area contributed by atoms with Gasteiger partial charge < -0.3 is 4.90 Å². The summed E-state index contributed by atoms with van der Waals surface area (Å²) in [6.45, 7) is 10.4. The molecule has 1 amide bonds. The third kappa shape index (κ3) is 5.36. The van der Waals surface area contributed by atoms with E-state index < -0.39 is 0 Å². The van der Waals surface area contributed by atoms with Crippen molar-refractivity contribution in [2.45, 2.75) is 52.9 Å². The van der Waals surface area contributed by atoms with Crippen LogP contribution in [0.3, 0.4) is 0 Å². The van der Waals surface area contributed by atoms with Crippen LogP contribution in [0.5, 0.6) is 0 Å². The Bertz CT molecular complexity index is 260. The molecule has 0 aromatic rings. The lowest BCUT2D eigenvalue weighted by Crippen LogP contribution is -2.32. The molecule has 1 saturated heterocycles. The van der Waals surface area contributed by atoms with Crippen LogP contribution < -0.4 is 11.3 Å². The number of nitrogens with two attached hydrogens (primary N) is 1. The molecule has 1 atom stereocenters. The second kappa shape index (κ2) is 7.10. The second-order valence-corrected chi connectivity index (χ2v) is 6.51. The van der Waals surface area contributed by atoms with E-state index in [-0.39, 0.29) is 5.91 Å². The smallest absolute Gasteiger partial charge is 0.233 e. The van der Waals surface area contributed by atoms with E-state index in [1.54, 1.807) is 0 Å². The van der Waals surface area contributed by atoms with Gasteiger partial charge in [0.1, 0.15) is 0 Å². The highest BCUT2D eigenvalue weighted by Gasteiger charge is 2.26. The molecule has 0 aromatic heterocycles. The molecule has 0 saturated carbocycles. The topological polar surface area (TPSA) is 58.4 Å². The number of nitrogens with zero attached hydrogens (tertiary/aromatic N) is 1. The summed E-state index contributed by atoms with van der Waals surface area (Å²) in [7, 11) is 0. The minimum Gasteiger partial charge on any atom is -0.303 e. The molecule has 4 nitrogen and oxygen atoms in total. The van der Waals surface area contributed by atoms with Gasteiger partial charge in [0.05, 0.1) is 0 Å². The van der Waals surface area contributed by atoms with Crippen LogP contribution in [0.4, 0.5) is 0 Å². The standard InChI is InChI=1S/C14H29N3O/c1-14(2,3)12-6-4-9-17(11-8-12)10-5-7-13(18)16-15/h12H,4-11,15H2,1-3H3,(H,16,18). The summed E-state index contributed by atoms with van der Waals surface area (Å²) in [6, 6.07) is 0. The molecule has 0 radical (unpaired) electrons. The van der Waals surface area contributed by atoms with Crippen molar-refractivity contribution in [1.82, 2.24) is 10.3 Å². The van der Waals surface area contributed by atoms with Crippen molar-refractivity contribution in [2.75, 3.05) is 19.6 Å². The first-order valence-electron chi connectivity index (χ1n) is 7.15. The van der Waals surface area contributed by atoms with Crippen molar-refractivity contribution < 1.29 is 4.79 Å². The van der Waals surface area contributed by atoms with Crippen molar-refractivity contribution in [1.29, 1.82) is 0 Å². The van der Waals surface area contributed by atoms with Gasteiger partial charge in [-0.05, 0) is 56.7 Å². The van der Waals surface area contributed by atoms with Crippen LogP contribution in [0.2, 0.25) is 0 Å². The predicted octanol–water partition coefficient (Wildman–Crippen LogP) is 1.90. The van der Waals surface area contributed by atoms with Crippen LogP contribution in [0, 0.1) is 11.3 Å². The third-order valence-electron chi connectivity index (χ3n) is 4.08. The molecule has 1 fully saturated rings. The fourth-order valence-electron chi connectivity index (χ4n) is 2.78. The van der Waals surface area contributed by atoms with Crippen LogP contribution in [-0.4, -0.2) is 30.4 Å². The first-order chi connectivity index (χ1) is 8.43. The maximum Gasteiger partial charge on any atom is 0.233 e. The molecule has 1 rings (SSSR count). The Balaban J connectivity index is 2.27. The first kappa shape index (κ1) is 15.4. The summed E-state index contributed by atoms with van der Waals surface area (Å²) in [5.41, 5.74) is 2.61. The van der Waals surface area contributed by atoms with Gasteiger partial charge in [0.2, 0.25) is 5.91 Å². The Morgan fingerprint density at radius 2 is 2.06 bits per heavy atom. The quantitative estimate of drug-likeness (QED) is 0.458. The number of carbonyl (C=O) groups is 1. The zero-order valence-corrected chi connectivity index (χ0v) is 12.2. The van der Waals surface area contributed by atoms with Gasteiger partial charge in [0.15, 0.2) is 0 Å². The number of hydrogen-bond donors (Lipinski definition) is 2. The lowest BCUT2D eigenvalue weighted by atomic mass is 9.77. The van der Waals surface area contributed by atoms with E-state index >= 15 is 0 Å². The zero-order chi connectivity index (χ0) is 13.6. The van der Waals surface area contributed by atoms with E-state index in [0.717, 1.165) is 18.9 Å². The molecule has 0 aliphatic carbocycles. The summed E-state index contributed by atoms with van der Waals surface area (Å²) < 4.78 is 0. The molecular formula is C14H29N3O. The second-order valence-electron chi connectivity index (χ2n) is 6.51. The molecule has 3 N–H and O–H groups in total. The summed E-state index contributed by atoms with van der Waals surface area (Å²) in [5, 5.41) is 0. The Kier molecular flexibility index (Phi) is 6.09. The predicted molar refractivity (Wildman–Crippen MR) is 74.8 cm³/mol. The Hall–Kier alpha value is -0.610. The lowest BCUT2D eigenvalue weighted by Gasteiger charge is -2.29. The highest BCUT2D eigenvalue weighted by Crippen LogP contribution is 2.34. The van der Waals surface area contributed by atoms with Gasteiger partial charge in [-0.1, -0.05) is 20.8 Å². The number of carbonyl (C=O) groups excluding carboxylic acids is 1. The van der Waals surface area contributed by atoms with E-state index in [0.29, 0.717) is 11.8 Å². The molecule has 4 heteroatoms. The molecule has 1 aliphatic heterocycles.